The zero-order chi connectivity index (χ0) is 11.1. The number of likely N-dealkylation sites (N-methyl/N-ethyl adjacent to an activating group) is 1. The van der Waals surface area contributed by atoms with E-state index >= 15 is 0 Å². The van der Waals surface area contributed by atoms with Gasteiger partial charge in [0, 0.05) is 0 Å². The molecule has 3 atom stereocenters. The Bertz CT molecular complexity index is 164. The van der Waals surface area contributed by atoms with E-state index in [0.717, 1.165) is 5.75 Å². The summed E-state index contributed by atoms with van der Waals surface area (Å²) in [5.41, 5.74) is 0. The van der Waals surface area contributed by atoms with E-state index < -0.39 is 12.1 Å². The fourth-order valence-electron chi connectivity index (χ4n) is 1.07. The van der Waals surface area contributed by atoms with Gasteiger partial charge in [0.25, 0.3) is 0 Å². The molecule has 0 aliphatic heterocycles. The lowest BCUT2D eigenvalue weighted by molar-refractivity contribution is 0.109. The second-order valence-corrected chi connectivity index (χ2v) is 5.34. The van der Waals surface area contributed by atoms with Gasteiger partial charge in [0.1, 0.15) is 6.04 Å². The Kier molecular flexibility index (Phi) is 7.23. The summed E-state index contributed by atoms with van der Waals surface area (Å²) < 4.78 is 0. The highest BCUT2D eigenvalue weighted by atomic mass is 32.2. The number of aliphatic hydroxyl groups is 1. The quantitative estimate of drug-likeness (QED) is 0.664. The molecule has 83 valence electrons. The van der Waals surface area contributed by atoms with Crippen LogP contribution in [0.1, 0.15) is 20.8 Å². The van der Waals surface area contributed by atoms with Crippen molar-refractivity contribution in [2.45, 2.75) is 38.2 Å². The maximum atomic E-state index is 10.5. The van der Waals surface area contributed by atoms with E-state index in [4.69, 9.17) is 0 Å². The maximum absolute atomic E-state index is 10.5. The van der Waals surface area contributed by atoms with Crippen LogP contribution in [0.2, 0.25) is 0 Å². The molecule has 4 heteroatoms. The van der Waals surface area contributed by atoms with Crippen LogP contribution in [0, 0.1) is 5.92 Å². The molecule has 0 saturated carbocycles. The number of thioether (sulfide) groups is 1. The smallest absolute Gasteiger partial charge is 0.219 e. The molecular weight excluding hydrogens is 198 g/mol. The molecule has 0 unspecified atom stereocenters. The van der Waals surface area contributed by atoms with Crippen molar-refractivity contribution < 1.29 is 9.90 Å². The molecule has 0 fully saturated rings. The SMILES string of the molecule is CN[C@H]([C]=O)[C@H](O)[C@H](C)CSC(C)C. The van der Waals surface area contributed by atoms with E-state index in [-0.39, 0.29) is 5.92 Å². The molecule has 0 heterocycles. The van der Waals surface area contributed by atoms with E-state index in [1.807, 2.05) is 6.92 Å². The van der Waals surface area contributed by atoms with Crippen LogP contribution in [0.25, 0.3) is 0 Å². The van der Waals surface area contributed by atoms with E-state index in [2.05, 4.69) is 19.2 Å². The van der Waals surface area contributed by atoms with Crippen molar-refractivity contribution >= 4 is 18.0 Å². The number of hydrogen-bond acceptors (Lipinski definition) is 4. The lowest BCUT2D eigenvalue weighted by atomic mass is 10.0. The molecule has 0 rings (SSSR count). The summed E-state index contributed by atoms with van der Waals surface area (Å²) in [6, 6.07) is -0.572. The van der Waals surface area contributed by atoms with Gasteiger partial charge < -0.3 is 10.4 Å². The van der Waals surface area contributed by atoms with Crippen molar-refractivity contribution in [3.63, 3.8) is 0 Å². The van der Waals surface area contributed by atoms with Crippen molar-refractivity contribution in [3.8, 4) is 0 Å². The summed E-state index contributed by atoms with van der Waals surface area (Å²) in [5, 5.41) is 13.0. The molecule has 0 aliphatic rings. The molecule has 3 nitrogen and oxygen atoms in total. The highest BCUT2D eigenvalue weighted by Crippen LogP contribution is 2.17. The van der Waals surface area contributed by atoms with Gasteiger partial charge in [-0.2, -0.15) is 11.8 Å². The predicted molar refractivity (Wildman–Crippen MR) is 61.3 cm³/mol. The first-order chi connectivity index (χ1) is 6.52. The Morgan fingerprint density at radius 1 is 1.43 bits per heavy atom. The minimum atomic E-state index is -0.649. The average molecular weight is 218 g/mol. The second-order valence-electron chi connectivity index (χ2n) is 3.73. The van der Waals surface area contributed by atoms with Gasteiger partial charge in [-0.05, 0) is 24.0 Å². The highest BCUT2D eigenvalue weighted by Gasteiger charge is 2.23. The fraction of sp³-hybridized carbons (Fsp3) is 0.900. The minimum Gasteiger partial charge on any atom is -0.391 e. The molecule has 0 aliphatic carbocycles. The summed E-state index contributed by atoms with van der Waals surface area (Å²) in [6.45, 7) is 6.18. The van der Waals surface area contributed by atoms with Crippen molar-refractivity contribution in [2.75, 3.05) is 12.8 Å². The van der Waals surface area contributed by atoms with Crippen LogP contribution in [0.5, 0.6) is 0 Å². The van der Waals surface area contributed by atoms with Crippen molar-refractivity contribution in [1.29, 1.82) is 0 Å². The largest absolute Gasteiger partial charge is 0.391 e. The Morgan fingerprint density at radius 3 is 2.36 bits per heavy atom. The Labute approximate surface area is 90.7 Å². The molecule has 0 bridgehead atoms. The summed E-state index contributed by atoms with van der Waals surface area (Å²) in [7, 11) is 1.65. The first-order valence-corrected chi connectivity index (χ1v) is 5.92. The number of hydrogen-bond donors (Lipinski definition) is 2. The summed E-state index contributed by atoms with van der Waals surface area (Å²) >= 11 is 1.79. The Morgan fingerprint density at radius 2 is 2.00 bits per heavy atom. The standard InChI is InChI=1S/C10H20NO2S/c1-7(2)14-6-8(3)10(13)9(5-12)11-4/h7-11,13H,6H2,1-4H3/t8-,9-,10-/m1/s1. The van der Waals surface area contributed by atoms with Gasteiger partial charge >= 0.3 is 0 Å². The molecule has 0 aromatic heterocycles. The van der Waals surface area contributed by atoms with Gasteiger partial charge in [0.05, 0.1) is 6.10 Å². The minimum absolute atomic E-state index is 0.0984. The maximum Gasteiger partial charge on any atom is 0.219 e. The van der Waals surface area contributed by atoms with Gasteiger partial charge in [-0.25, -0.2) is 0 Å². The van der Waals surface area contributed by atoms with Crippen molar-refractivity contribution in [2.24, 2.45) is 5.92 Å². The Hall–Kier alpha value is -0.0600. The fourth-order valence-corrected chi connectivity index (χ4v) is 1.96. The van der Waals surface area contributed by atoms with Crippen molar-refractivity contribution in [1.82, 2.24) is 5.32 Å². The van der Waals surface area contributed by atoms with E-state index in [0.29, 0.717) is 5.25 Å². The summed E-state index contributed by atoms with van der Waals surface area (Å²) in [6.07, 6.45) is 1.15. The molecule has 0 aromatic carbocycles. The first-order valence-electron chi connectivity index (χ1n) is 4.87. The van der Waals surface area contributed by atoms with Crippen LogP contribution in [-0.4, -0.2) is 41.6 Å². The van der Waals surface area contributed by atoms with Crippen LogP contribution in [0.3, 0.4) is 0 Å². The zero-order valence-electron chi connectivity index (χ0n) is 9.28. The monoisotopic (exact) mass is 218 g/mol. The van der Waals surface area contributed by atoms with Crippen molar-refractivity contribution in [3.05, 3.63) is 0 Å². The normalized spacial score (nSPS) is 17.9. The van der Waals surface area contributed by atoms with Gasteiger partial charge in [0.2, 0.25) is 6.29 Å². The third kappa shape index (κ3) is 4.98. The summed E-state index contributed by atoms with van der Waals surface area (Å²) in [4.78, 5) is 10.5. The second kappa shape index (κ2) is 7.26. The third-order valence-electron chi connectivity index (χ3n) is 2.05. The van der Waals surface area contributed by atoms with Crippen LogP contribution in [-0.2, 0) is 4.79 Å². The van der Waals surface area contributed by atoms with Crippen LogP contribution >= 0.6 is 11.8 Å². The first kappa shape index (κ1) is 13.9. The lowest BCUT2D eigenvalue weighted by Crippen LogP contribution is -2.43. The molecule has 1 radical (unpaired) electrons. The molecule has 0 spiro atoms. The third-order valence-corrected chi connectivity index (χ3v) is 3.44. The number of aliphatic hydroxyl groups excluding tert-OH is 1. The van der Waals surface area contributed by atoms with Crippen LogP contribution < -0.4 is 5.32 Å². The number of rotatable bonds is 7. The number of carbonyl (C=O) groups excluding carboxylic acids is 1. The lowest BCUT2D eigenvalue weighted by Gasteiger charge is -2.23. The molecule has 0 saturated heterocycles. The summed E-state index contributed by atoms with van der Waals surface area (Å²) in [5.74, 6) is 0.958. The van der Waals surface area contributed by atoms with Gasteiger partial charge in [-0.15, -0.1) is 0 Å². The number of nitrogens with one attached hydrogen (secondary N) is 1. The predicted octanol–water partition coefficient (Wildman–Crippen LogP) is 0.823. The molecule has 0 aromatic rings. The van der Waals surface area contributed by atoms with Gasteiger partial charge in [-0.3, -0.25) is 4.79 Å². The molecule has 0 amide bonds. The average Bonchev–Trinajstić information content (AvgIpc) is 2.15. The Balaban J connectivity index is 3.96. The van der Waals surface area contributed by atoms with E-state index in [1.165, 1.54) is 0 Å². The van der Waals surface area contributed by atoms with E-state index in [9.17, 15) is 9.90 Å². The topological polar surface area (TPSA) is 49.3 Å². The highest BCUT2D eigenvalue weighted by molar-refractivity contribution is 7.99. The molecular formula is C10H20NO2S. The van der Waals surface area contributed by atoms with Crippen LogP contribution in [0.15, 0.2) is 0 Å². The molecule has 14 heavy (non-hydrogen) atoms. The van der Waals surface area contributed by atoms with E-state index in [1.54, 1.807) is 25.1 Å². The molecule has 2 N–H and O–H groups in total. The van der Waals surface area contributed by atoms with Gasteiger partial charge in [-0.1, -0.05) is 20.8 Å². The van der Waals surface area contributed by atoms with Gasteiger partial charge in [0.15, 0.2) is 0 Å². The van der Waals surface area contributed by atoms with Crippen LogP contribution in [0.4, 0.5) is 0 Å². The zero-order valence-corrected chi connectivity index (χ0v) is 10.1.